The number of nitrogens with one attached hydrogen (secondary N) is 1. The Morgan fingerprint density at radius 3 is 2.32 bits per heavy atom. The number of carbonyl (C=O) groups excluding carboxylic acids is 2. The van der Waals surface area contributed by atoms with Crippen LogP contribution in [0.25, 0.3) is 0 Å². The molecule has 1 unspecified atom stereocenters. The molecule has 110 valence electrons. The highest BCUT2D eigenvalue weighted by molar-refractivity contribution is 5.90. The maximum atomic E-state index is 12.2. The van der Waals surface area contributed by atoms with Crippen molar-refractivity contribution in [1.82, 2.24) is 10.2 Å². The Labute approximate surface area is 116 Å². The van der Waals surface area contributed by atoms with Crippen LogP contribution in [0.15, 0.2) is 0 Å². The highest BCUT2D eigenvalue weighted by atomic mass is 16.2. The van der Waals surface area contributed by atoms with Crippen LogP contribution in [0, 0.1) is 11.8 Å². The van der Waals surface area contributed by atoms with Gasteiger partial charge in [-0.1, -0.05) is 34.6 Å². The molecule has 0 saturated carbocycles. The summed E-state index contributed by atoms with van der Waals surface area (Å²) in [5, 5.41) is 3.23. The summed E-state index contributed by atoms with van der Waals surface area (Å²) >= 11 is 0. The lowest BCUT2D eigenvalue weighted by Gasteiger charge is -2.24. The van der Waals surface area contributed by atoms with Crippen LogP contribution in [0.1, 0.15) is 47.5 Å². The Kier molecular flexibility index (Phi) is 5.98. The zero-order valence-corrected chi connectivity index (χ0v) is 12.9. The normalized spacial score (nSPS) is 21.2. The van der Waals surface area contributed by atoms with Crippen LogP contribution in [0.2, 0.25) is 0 Å². The quantitative estimate of drug-likeness (QED) is 0.799. The van der Waals surface area contributed by atoms with Crippen molar-refractivity contribution in [2.45, 2.75) is 59.5 Å². The van der Waals surface area contributed by atoms with Gasteiger partial charge in [0, 0.05) is 31.5 Å². The zero-order chi connectivity index (χ0) is 14.6. The zero-order valence-electron chi connectivity index (χ0n) is 12.9. The molecule has 0 aromatic rings. The lowest BCUT2D eigenvalue weighted by Crippen LogP contribution is -2.46. The van der Waals surface area contributed by atoms with E-state index in [-0.39, 0.29) is 29.7 Å². The van der Waals surface area contributed by atoms with Crippen LogP contribution in [0.4, 0.5) is 0 Å². The molecule has 0 aromatic carbocycles. The molecule has 1 heterocycles. The summed E-state index contributed by atoms with van der Waals surface area (Å²) in [6.45, 7) is 11.6. The highest BCUT2D eigenvalue weighted by Crippen LogP contribution is 2.17. The maximum absolute atomic E-state index is 12.2. The van der Waals surface area contributed by atoms with Gasteiger partial charge in [-0.15, -0.1) is 0 Å². The molecule has 1 aliphatic rings. The van der Waals surface area contributed by atoms with Gasteiger partial charge >= 0.3 is 0 Å². The van der Waals surface area contributed by atoms with Gasteiger partial charge in [0.2, 0.25) is 5.91 Å². The molecule has 1 saturated heterocycles. The number of Topliss-reactive ketones (excluding diaryl/α,β-unsaturated/α-hetero) is 1. The summed E-state index contributed by atoms with van der Waals surface area (Å²) in [5.74, 6) is 0.786. The molecule has 0 spiro atoms. The van der Waals surface area contributed by atoms with Gasteiger partial charge in [-0.25, -0.2) is 0 Å². The van der Waals surface area contributed by atoms with Crippen LogP contribution >= 0.6 is 0 Å². The minimum Gasteiger partial charge on any atom is -0.342 e. The number of amides is 1. The second-order valence-corrected chi connectivity index (χ2v) is 6.37. The van der Waals surface area contributed by atoms with Crippen molar-refractivity contribution >= 4 is 11.7 Å². The van der Waals surface area contributed by atoms with E-state index in [0.717, 1.165) is 19.5 Å². The molecule has 1 aliphatic heterocycles. The first-order valence-corrected chi connectivity index (χ1v) is 7.38. The fourth-order valence-corrected chi connectivity index (χ4v) is 2.51. The van der Waals surface area contributed by atoms with Crippen molar-refractivity contribution in [1.29, 1.82) is 0 Å². The van der Waals surface area contributed by atoms with Crippen LogP contribution in [-0.4, -0.2) is 41.8 Å². The first-order chi connectivity index (χ1) is 8.81. The van der Waals surface area contributed by atoms with Crippen LogP contribution in [0.3, 0.4) is 0 Å². The summed E-state index contributed by atoms with van der Waals surface area (Å²) < 4.78 is 0. The maximum Gasteiger partial charge on any atom is 0.224 e. The number of rotatable bonds is 6. The lowest BCUT2D eigenvalue weighted by atomic mass is 9.98. The molecule has 19 heavy (non-hydrogen) atoms. The summed E-state index contributed by atoms with van der Waals surface area (Å²) in [6.07, 6.45) is 1.37. The van der Waals surface area contributed by atoms with Crippen molar-refractivity contribution in [3.8, 4) is 0 Å². The molecule has 1 fully saturated rings. The van der Waals surface area contributed by atoms with E-state index < -0.39 is 0 Å². The summed E-state index contributed by atoms with van der Waals surface area (Å²) in [7, 11) is 0. The van der Waals surface area contributed by atoms with E-state index in [1.54, 1.807) is 0 Å². The number of hydrogen-bond donors (Lipinski definition) is 1. The fraction of sp³-hybridized carbons (Fsp3) is 0.867. The van der Waals surface area contributed by atoms with Crippen LogP contribution in [-0.2, 0) is 9.59 Å². The third-order valence-corrected chi connectivity index (χ3v) is 3.60. The van der Waals surface area contributed by atoms with Crippen molar-refractivity contribution in [2.75, 3.05) is 13.1 Å². The van der Waals surface area contributed by atoms with Crippen LogP contribution in [0.5, 0.6) is 0 Å². The molecule has 0 radical (unpaired) electrons. The Morgan fingerprint density at radius 1 is 1.26 bits per heavy atom. The Balaban J connectivity index is 2.61. The Hall–Kier alpha value is -0.900. The fourth-order valence-electron chi connectivity index (χ4n) is 2.51. The van der Waals surface area contributed by atoms with Crippen LogP contribution < -0.4 is 5.32 Å². The molecular weight excluding hydrogens is 240 g/mol. The average Bonchev–Trinajstić information content (AvgIpc) is 2.73. The van der Waals surface area contributed by atoms with Gasteiger partial charge in [-0.2, -0.15) is 0 Å². The molecule has 4 nitrogen and oxygen atoms in total. The van der Waals surface area contributed by atoms with E-state index >= 15 is 0 Å². The van der Waals surface area contributed by atoms with E-state index in [0.29, 0.717) is 12.3 Å². The number of carbonyl (C=O) groups is 2. The molecule has 1 amide bonds. The molecule has 4 heteroatoms. The Bertz CT molecular complexity index is 326. The van der Waals surface area contributed by atoms with Gasteiger partial charge in [0.05, 0.1) is 6.04 Å². The molecule has 1 rings (SSSR count). The first-order valence-electron chi connectivity index (χ1n) is 7.38. The monoisotopic (exact) mass is 268 g/mol. The summed E-state index contributed by atoms with van der Waals surface area (Å²) in [6, 6.07) is -0.138. The van der Waals surface area contributed by atoms with E-state index in [4.69, 9.17) is 0 Å². The number of hydrogen-bond acceptors (Lipinski definition) is 3. The predicted molar refractivity (Wildman–Crippen MR) is 76.9 cm³/mol. The Morgan fingerprint density at radius 2 is 1.89 bits per heavy atom. The van der Waals surface area contributed by atoms with E-state index in [2.05, 4.69) is 12.2 Å². The van der Waals surface area contributed by atoms with E-state index in [9.17, 15) is 9.59 Å². The summed E-state index contributed by atoms with van der Waals surface area (Å²) in [4.78, 5) is 26.3. The smallest absolute Gasteiger partial charge is 0.224 e. The first kappa shape index (κ1) is 16.2. The lowest BCUT2D eigenvalue weighted by molar-refractivity contribution is -0.134. The highest BCUT2D eigenvalue weighted by Gasteiger charge is 2.29. The number of likely N-dealkylation sites (tertiary alicyclic amines) is 1. The van der Waals surface area contributed by atoms with Gasteiger partial charge in [-0.05, 0) is 12.3 Å². The molecule has 0 aliphatic carbocycles. The molecule has 0 aromatic heterocycles. The largest absolute Gasteiger partial charge is 0.342 e. The number of ketones is 1. The summed E-state index contributed by atoms with van der Waals surface area (Å²) in [5.41, 5.74) is 0. The molecule has 0 bridgehead atoms. The SMILES string of the molecule is CC1CCN(C(=O)C[C@H](NC(C)C)C(=O)C(C)C)C1. The minimum absolute atomic E-state index is 0.0402. The van der Waals surface area contributed by atoms with Gasteiger partial charge in [0.25, 0.3) is 0 Å². The molecule has 2 atom stereocenters. The third-order valence-electron chi connectivity index (χ3n) is 3.60. The van der Waals surface area contributed by atoms with Crippen molar-refractivity contribution < 1.29 is 9.59 Å². The predicted octanol–water partition coefficient (Wildman–Crippen LogP) is 1.84. The van der Waals surface area contributed by atoms with E-state index in [1.165, 1.54) is 0 Å². The molecular formula is C15H28N2O2. The van der Waals surface area contributed by atoms with Crippen molar-refractivity contribution in [2.24, 2.45) is 11.8 Å². The van der Waals surface area contributed by atoms with Gasteiger partial charge < -0.3 is 10.2 Å². The molecule has 1 N–H and O–H groups in total. The van der Waals surface area contributed by atoms with E-state index in [1.807, 2.05) is 32.6 Å². The topological polar surface area (TPSA) is 49.4 Å². The standard InChI is InChI=1S/C15H28N2O2/c1-10(2)15(19)13(16-11(3)4)8-14(18)17-7-6-12(5)9-17/h10-13,16H,6-9H2,1-5H3/t12?,13-/m0/s1. The van der Waals surface area contributed by atoms with Gasteiger partial charge in [0.15, 0.2) is 5.78 Å². The third kappa shape index (κ3) is 4.94. The van der Waals surface area contributed by atoms with Crippen molar-refractivity contribution in [3.63, 3.8) is 0 Å². The average molecular weight is 268 g/mol. The minimum atomic E-state index is -0.344. The number of nitrogens with zero attached hydrogens (tertiary/aromatic N) is 1. The van der Waals surface area contributed by atoms with Gasteiger partial charge in [0.1, 0.15) is 0 Å². The van der Waals surface area contributed by atoms with Gasteiger partial charge in [-0.3, -0.25) is 9.59 Å². The van der Waals surface area contributed by atoms with Crippen molar-refractivity contribution in [3.05, 3.63) is 0 Å². The second kappa shape index (κ2) is 7.04. The second-order valence-electron chi connectivity index (χ2n) is 6.37.